The zero-order valence-electron chi connectivity index (χ0n) is 14.0. The monoisotopic (exact) mass is 300 g/mol. The van der Waals surface area contributed by atoms with Crippen LogP contribution in [0.3, 0.4) is 0 Å². The Morgan fingerprint density at radius 2 is 1.22 bits per heavy atom. The molecule has 0 amide bonds. The van der Waals surface area contributed by atoms with E-state index in [4.69, 9.17) is 0 Å². The number of benzene rings is 3. The third kappa shape index (κ3) is 4.32. The van der Waals surface area contributed by atoms with Crippen LogP contribution in [0.5, 0.6) is 0 Å². The normalized spacial score (nSPS) is 10.7. The van der Waals surface area contributed by atoms with Crippen LogP contribution < -0.4 is 0 Å². The van der Waals surface area contributed by atoms with Crippen molar-refractivity contribution in [3.63, 3.8) is 0 Å². The molecule has 0 radical (unpaired) electrons. The molecule has 3 aromatic carbocycles. The molecule has 3 aromatic rings. The van der Waals surface area contributed by atoms with Crippen LogP contribution in [0, 0.1) is 13.8 Å². The Bertz CT molecular complexity index is 766. The number of aryl methyl sites for hydroxylation is 4. The zero-order chi connectivity index (χ0) is 16.1. The Labute approximate surface area is 139 Å². The van der Waals surface area contributed by atoms with Crippen LogP contribution in [0.15, 0.2) is 72.8 Å². The number of hydrogen-bond acceptors (Lipinski definition) is 0. The van der Waals surface area contributed by atoms with Gasteiger partial charge in [-0.3, -0.25) is 0 Å². The first-order valence-electron chi connectivity index (χ1n) is 8.42. The van der Waals surface area contributed by atoms with Gasteiger partial charge >= 0.3 is 0 Å². The minimum Gasteiger partial charge on any atom is -0.0614 e. The van der Waals surface area contributed by atoms with E-state index in [0.29, 0.717) is 0 Å². The van der Waals surface area contributed by atoms with E-state index >= 15 is 0 Å². The van der Waals surface area contributed by atoms with Gasteiger partial charge in [-0.15, -0.1) is 0 Å². The summed E-state index contributed by atoms with van der Waals surface area (Å²) in [7, 11) is 0. The van der Waals surface area contributed by atoms with Crippen LogP contribution in [-0.2, 0) is 12.8 Å². The van der Waals surface area contributed by atoms with E-state index in [2.05, 4.69) is 86.6 Å². The topological polar surface area (TPSA) is 0 Å². The highest BCUT2D eigenvalue weighted by Gasteiger charge is 2.01. The summed E-state index contributed by atoms with van der Waals surface area (Å²) in [5.74, 6) is 0. The van der Waals surface area contributed by atoms with Gasteiger partial charge in [-0.05, 0) is 55.4 Å². The highest BCUT2D eigenvalue weighted by molar-refractivity contribution is 5.64. The predicted molar refractivity (Wildman–Crippen MR) is 99.8 cm³/mol. The van der Waals surface area contributed by atoms with Crippen molar-refractivity contribution < 1.29 is 0 Å². The maximum atomic E-state index is 2.34. The first-order chi connectivity index (χ1) is 11.2. The van der Waals surface area contributed by atoms with Crippen molar-refractivity contribution in [1.82, 2.24) is 0 Å². The van der Waals surface area contributed by atoms with Gasteiger partial charge in [0.1, 0.15) is 0 Å². The molecule has 0 atom stereocenters. The van der Waals surface area contributed by atoms with Crippen molar-refractivity contribution in [3.05, 3.63) is 95.1 Å². The minimum absolute atomic E-state index is 1.13. The molecule has 0 fully saturated rings. The van der Waals surface area contributed by atoms with Crippen LogP contribution in [0.1, 0.15) is 28.7 Å². The second kappa shape index (κ2) is 7.28. The van der Waals surface area contributed by atoms with Crippen LogP contribution >= 0.6 is 0 Å². The molecule has 0 bridgehead atoms. The summed E-state index contributed by atoms with van der Waals surface area (Å²) in [4.78, 5) is 0. The molecule has 0 spiro atoms. The van der Waals surface area contributed by atoms with Crippen LogP contribution in [-0.4, -0.2) is 0 Å². The third-order valence-electron chi connectivity index (χ3n) is 4.33. The molecule has 0 aliphatic rings. The molecule has 0 aliphatic carbocycles. The molecule has 0 saturated heterocycles. The summed E-state index contributed by atoms with van der Waals surface area (Å²) in [6.45, 7) is 4.29. The highest BCUT2D eigenvalue weighted by atomic mass is 14.1. The van der Waals surface area contributed by atoms with Crippen molar-refractivity contribution in [2.75, 3.05) is 0 Å². The average Bonchev–Trinajstić information content (AvgIpc) is 2.57. The van der Waals surface area contributed by atoms with E-state index in [1.54, 1.807) is 0 Å². The summed E-state index contributed by atoms with van der Waals surface area (Å²) < 4.78 is 0. The fourth-order valence-corrected chi connectivity index (χ4v) is 2.98. The first kappa shape index (κ1) is 15.6. The largest absolute Gasteiger partial charge is 0.0614 e. The lowest BCUT2D eigenvalue weighted by Crippen LogP contribution is -1.91. The average molecular weight is 300 g/mol. The SMILES string of the molecule is Cc1ccc(CCCc2cccc(-c3cccc(C)c3)c2)cc1. The Balaban J connectivity index is 1.65. The summed E-state index contributed by atoms with van der Waals surface area (Å²) in [5, 5.41) is 0. The van der Waals surface area contributed by atoms with Gasteiger partial charge in [0.2, 0.25) is 0 Å². The zero-order valence-corrected chi connectivity index (χ0v) is 14.0. The lowest BCUT2D eigenvalue weighted by Gasteiger charge is -2.07. The van der Waals surface area contributed by atoms with E-state index < -0.39 is 0 Å². The van der Waals surface area contributed by atoms with Gasteiger partial charge in [0.15, 0.2) is 0 Å². The Morgan fingerprint density at radius 3 is 1.96 bits per heavy atom. The van der Waals surface area contributed by atoms with Crippen LogP contribution in [0.25, 0.3) is 11.1 Å². The second-order valence-corrected chi connectivity index (χ2v) is 6.41. The van der Waals surface area contributed by atoms with Crippen LogP contribution in [0.4, 0.5) is 0 Å². The van der Waals surface area contributed by atoms with Crippen molar-refractivity contribution in [3.8, 4) is 11.1 Å². The molecule has 0 heterocycles. The van der Waals surface area contributed by atoms with Gasteiger partial charge in [0.05, 0.1) is 0 Å². The fraction of sp³-hybridized carbons (Fsp3) is 0.217. The van der Waals surface area contributed by atoms with E-state index in [0.717, 1.165) is 12.8 Å². The molecule has 0 heteroatoms. The lowest BCUT2D eigenvalue weighted by atomic mass is 9.98. The minimum atomic E-state index is 1.13. The molecular formula is C23H24. The molecule has 3 rings (SSSR count). The fourth-order valence-electron chi connectivity index (χ4n) is 2.98. The van der Waals surface area contributed by atoms with Crippen molar-refractivity contribution in [2.24, 2.45) is 0 Å². The van der Waals surface area contributed by atoms with Gasteiger partial charge in [-0.2, -0.15) is 0 Å². The molecular weight excluding hydrogens is 276 g/mol. The van der Waals surface area contributed by atoms with Crippen molar-refractivity contribution in [1.29, 1.82) is 0 Å². The maximum Gasteiger partial charge on any atom is -0.0181 e. The predicted octanol–water partition coefficient (Wildman–Crippen LogP) is 6.15. The highest BCUT2D eigenvalue weighted by Crippen LogP contribution is 2.22. The maximum absolute atomic E-state index is 2.34. The van der Waals surface area contributed by atoms with E-state index in [1.165, 1.54) is 39.8 Å². The molecule has 0 saturated carbocycles. The van der Waals surface area contributed by atoms with E-state index in [9.17, 15) is 0 Å². The molecule has 23 heavy (non-hydrogen) atoms. The summed E-state index contributed by atoms with van der Waals surface area (Å²) in [6, 6.07) is 26.6. The molecule has 0 nitrogen and oxygen atoms in total. The lowest BCUT2D eigenvalue weighted by molar-refractivity contribution is 0.820. The van der Waals surface area contributed by atoms with Gasteiger partial charge in [-0.1, -0.05) is 83.9 Å². The number of hydrogen-bond donors (Lipinski definition) is 0. The Kier molecular flexibility index (Phi) is 4.92. The molecule has 0 aromatic heterocycles. The standard InChI is InChI=1S/C23H24/c1-18-12-14-20(15-13-18)7-4-8-21-9-5-11-23(17-21)22-10-3-6-19(2)16-22/h3,5-6,9-17H,4,7-8H2,1-2H3. The molecule has 0 unspecified atom stereocenters. The second-order valence-electron chi connectivity index (χ2n) is 6.41. The van der Waals surface area contributed by atoms with E-state index in [1.807, 2.05) is 0 Å². The molecule has 0 aliphatic heterocycles. The Hall–Kier alpha value is -2.34. The smallest absolute Gasteiger partial charge is 0.0181 e. The van der Waals surface area contributed by atoms with Gasteiger partial charge in [0.25, 0.3) is 0 Å². The molecule has 116 valence electrons. The van der Waals surface area contributed by atoms with E-state index in [-0.39, 0.29) is 0 Å². The van der Waals surface area contributed by atoms with Crippen molar-refractivity contribution >= 4 is 0 Å². The Morgan fingerprint density at radius 1 is 0.565 bits per heavy atom. The van der Waals surface area contributed by atoms with Gasteiger partial charge in [-0.25, -0.2) is 0 Å². The third-order valence-corrected chi connectivity index (χ3v) is 4.33. The summed E-state index contributed by atoms with van der Waals surface area (Å²) in [6.07, 6.45) is 3.48. The number of rotatable bonds is 5. The summed E-state index contributed by atoms with van der Waals surface area (Å²) >= 11 is 0. The summed E-state index contributed by atoms with van der Waals surface area (Å²) in [5.41, 5.74) is 8.14. The van der Waals surface area contributed by atoms with Gasteiger partial charge in [0, 0.05) is 0 Å². The van der Waals surface area contributed by atoms with Crippen molar-refractivity contribution in [2.45, 2.75) is 33.1 Å². The van der Waals surface area contributed by atoms with Crippen LogP contribution in [0.2, 0.25) is 0 Å². The first-order valence-corrected chi connectivity index (χ1v) is 8.42. The van der Waals surface area contributed by atoms with Gasteiger partial charge < -0.3 is 0 Å². The quantitative estimate of drug-likeness (QED) is 0.530. The molecule has 0 N–H and O–H groups in total.